The van der Waals surface area contributed by atoms with Crippen molar-refractivity contribution in [2.75, 3.05) is 6.54 Å². The number of hydrogen-bond donors (Lipinski definition) is 2. The van der Waals surface area contributed by atoms with Gasteiger partial charge >= 0.3 is 5.97 Å². The van der Waals surface area contributed by atoms with Crippen molar-refractivity contribution in [3.63, 3.8) is 0 Å². The lowest BCUT2D eigenvalue weighted by molar-refractivity contribution is -0.154. The average molecular weight is 255 g/mol. The molecule has 1 rings (SSSR count). The van der Waals surface area contributed by atoms with Crippen LogP contribution in [0.3, 0.4) is 0 Å². The minimum Gasteiger partial charge on any atom is -0.481 e. The number of carboxylic acid groups (broad SMARTS) is 1. The molecule has 2 N–H and O–H groups in total. The van der Waals surface area contributed by atoms with Crippen molar-refractivity contribution >= 4 is 11.9 Å². The average Bonchev–Trinajstić information content (AvgIpc) is 2.26. The molecule has 1 saturated carbocycles. The number of carbonyl (C=O) groups is 2. The van der Waals surface area contributed by atoms with Crippen molar-refractivity contribution < 1.29 is 14.7 Å². The molecule has 1 amide bonds. The first-order valence-electron chi connectivity index (χ1n) is 7.07. The van der Waals surface area contributed by atoms with Gasteiger partial charge in [-0.05, 0) is 25.7 Å². The Morgan fingerprint density at radius 2 is 1.78 bits per heavy atom. The molecule has 1 aliphatic rings. The van der Waals surface area contributed by atoms with Gasteiger partial charge in [0.2, 0.25) is 5.91 Å². The van der Waals surface area contributed by atoms with Crippen LogP contribution in [0.4, 0.5) is 0 Å². The van der Waals surface area contributed by atoms with E-state index in [1.54, 1.807) is 0 Å². The highest BCUT2D eigenvalue weighted by atomic mass is 16.4. The van der Waals surface area contributed by atoms with Crippen molar-refractivity contribution in [2.24, 2.45) is 11.3 Å². The van der Waals surface area contributed by atoms with E-state index in [-0.39, 0.29) is 11.8 Å². The van der Waals surface area contributed by atoms with E-state index in [1.807, 2.05) is 0 Å². The van der Waals surface area contributed by atoms with Crippen molar-refractivity contribution in [3.05, 3.63) is 0 Å². The number of carbonyl (C=O) groups excluding carboxylic acids is 1. The van der Waals surface area contributed by atoms with Crippen molar-refractivity contribution in [2.45, 2.75) is 58.8 Å². The molecule has 0 atom stereocenters. The third-order valence-electron chi connectivity index (χ3n) is 4.01. The summed E-state index contributed by atoms with van der Waals surface area (Å²) in [4.78, 5) is 23.2. The number of rotatable bonds is 8. The number of nitrogens with one attached hydrogen (secondary N) is 1. The number of hydrogen-bond acceptors (Lipinski definition) is 2. The zero-order valence-electron chi connectivity index (χ0n) is 11.5. The summed E-state index contributed by atoms with van der Waals surface area (Å²) in [6, 6.07) is 0. The second kappa shape index (κ2) is 6.76. The molecule has 0 aromatic heterocycles. The molecule has 0 aromatic rings. The van der Waals surface area contributed by atoms with E-state index >= 15 is 0 Å². The Bertz CT molecular complexity index is 291. The molecular weight excluding hydrogens is 230 g/mol. The van der Waals surface area contributed by atoms with E-state index in [1.165, 1.54) is 0 Å². The number of amides is 1. The SMILES string of the molecule is CCCC(CCC)C(=O)NCC1(C(=O)O)CCC1. The first-order chi connectivity index (χ1) is 8.55. The van der Waals surface area contributed by atoms with Crippen LogP contribution in [0.15, 0.2) is 0 Å². The van der Waals surface area contributed by atoms with Crippen molar-refractivity contribution in [1.29, 1.82) is 0 Å². The van der Waals surface area contributed by atoms with Gasteiger partial charge in [0, 0.05) is 12.5 Å². The van der Waals surface area contributed by atoms with Crippen LogP contribution in [0.5, 0.6) is 0 Å². The van der Waals surface area contributed by atoms with Gasteiger partial charge in [-0.1, -0.05) is 33.1 Å². The molecule has 18 heavy (non-hydrogen) atoms. The largest absolute Gasteiger partial charge is 0.481 e. The molecule has 0 heterocycles. The summed E-state index contributed by atoms with van der Waals surface area (Å²) >= 11 is 0. The molecule has 4 heteroatoms. The van der Waals surface area contributed by atoms with E-state index in [2.05, 4.69) is 19.2 Å². The summed E-state index contributed by atoms with van der Waals surface area (Å²) in [7, 11) is 0. The van der Waals surface area contributed by atoms with Crippen molar-refractivity contribution in [3.8, 4) is 0 Å². The molecule has 0 bridgehead atoms. The number of aliphatic carboxylic acids is 1. The predicted octanol–water partition coefficient (Wildman–Crippen LogP) is 2.57. The van der Waals surface area contributed by atoms with E-state index in [4.69, 9.17) is 0 Å². The summed E-state index contributed by atoms with van der Waals surface area (Å²) < 4.78 is 0. The quantitative estimate of drug-likeness (QED) is 0.700. The second-order valence-corrected chi connectivity index (χ2v) is 5.43. The molecule has 104 valence electrons. The van der Waals surface area contributed by atoms with E-state index in [0.717, 1.165) is 32.1 Å². The summed E-state index contributed by atoms with van der Waals surface area (Å²) in [6.45, 7) is 4.44. The van der Waals surface area contributed by atoms with Gasteiger partial charge in [0.15, 0.2) is 0 Å². The maximum absolute atomic E-state index is 12.0. The van der Waals surface area contributed by atoms with Crippen LogP contribution in [0.2, 0.25) is 0 Å². The fourth-order valence-electron chi connectivity index (χ4n) is 2.57. The van der Waals surface area contributed by atoms with Crippen LogP contribution in [0.1, 0.15) is 58.8 Å². The Morgan fingerprint density at radius 3 is 2.11 bits per heavy atom. The Morgan fingerprint density at radius 1 is 1.22 bits per heavy atom. The lowest BCUT2D eigenvalue weighted by atomic mass is 9.68. The van der Waals surface area contributed by atoms with Crippen LogP contribution in [0, 0.1) is 11.3 Å². The molecule has 4 nitrogen and oxygen atoms in total. The first-order valence-corrected chi connectivity index (χ1v) is 7.07. The van der Waals surface area contributed by atoms with E-state index in [0.29, 0.717) is 19.4 Å². The van der Waals surface area contributed by atoms with Gasteiger partial charge in [-0.2, -0.15) is 0 Å². The minimum absolute atomic E-state index is 0.0335. The molecule has 1 fully saturated rings. The highest BCUT2D eigenvalue weighted by Crippen LogP contribution is 2.40. The Hall–Kier alpha value is -1.06. The van der Waals surface area contributed by atoms with Crippen LogP contribution in [-0.2, 0) is 9.59 Å². The monoisotopic (exact) mass is 255 g/mol. The fourth-order valence-corrected chi connectivity index (χ4v) is 2.57. The van der Waals surface area contributed by atoms with Crippen LogP contribution in [0.25, 0.3) is 0 Å². The molecule has 1 aliphatic carbocycles. The first kappa shape index (κ1) is 15.0. The molecule has 0 unspecified atom stereocenters. The van der Waals surface area contributed by atoms with Crippen molar-refractivity contribution in [1.82, 2.24) is 5.32 Å². The lowest BCUT2D eigenvalue weighted by Gasteiger charge is -2.37. The van der Waals surface area contributed by atoms with Crippen LogP contribution in [-0.4, -0.2) is 23.5 Å². The van der Waals surface area contributed by atoms with Gasteiger partial charge in [-0.3, -0.25) is 9.59 Å². The molecule has 0 spiro atoms. The molecule has 0 saturated heterocycles. The third-order valence-corrected chi connectivity index (χ3v) is 4.01. The van der Waals surface area contributed by atoms with Gasteiger partial charge in [0.25, 0.3) is 0 Å². The van der Waals surface area contributed by atoms with Crippen LogP contribution >= 0.6 is 0 Å². The Labute approximate surface area is 109 Å². The second-order valence-electron chi connectivity index (χ2n) is 5.43. The standard InChI is InChI=1S/C14H25NO3/c1-3-6-11(7-4-2)12(16)15-10-14(13(17)18)8-5-9-14/h11H,3-10H2,1-2H3,(H,15,16)(H,17,18). The highest BCUT2D eigenvalue weighted by molar-refractivity contribution is 5.81. The molecule has 0 aromatic carbocycles. The zero-order valence-corrected chi connectivity index (χ0v) is 11.5. The fraction of sp³-hybridized carbons (Fsp3) is 0.857. The van der Waals surface area contributed by atoms with Gasteiger partial charge in [-0.15, -0.1) is 0 Å². The summed E-state index contributed by atoms with van der Waals surface area (Å²) in [5, 5.41) is 12.0. The lowest BCUT2D eigenvalue weighted by Crippen LogP contribution is -2.48. The predicted molar refractivity (Wildman–Crippen MR) is 70.2 cm³/mol. The third kappa shape index (κ3) is 3.47. The molecular formula is C14H25NO3. The molecule has 0 aliphatic heterocycles. The Balaban J connectivity index is 2.45. The highest BCUT2D eigenvalue weighted by Gasteiger charge is 2.44. The van der Waals surface area contributed by atoms with Gasteiger partial charge in [0.1, 0.15) is 0 Å². The number of carboxylic acids is 1. The van der Waals surface area contributed by atoms with E-state index in [9.17, 15) is 14.7 Å². The maximum Gasteiger partial charge on any atom is 0.311 e. The zero-order chi connectivity index (χ0) is 13.6. The summed E-state index contributed by atoms with van der Waals surface area (Å²) in [6.07, 6.45) is 6.09. The maximum atomic E-state index is 12.0. The topological polar surface area (TPSA) is 66.4 Å². The summed E-state index contributed by atoms with van der Waals surface area (Å²) in [5.41, 5.74) is -0.682. The van der Waals surface area contributed by atoms with Gasteiger partial charge in [-0.25, -0.2) is 0 Å². The minimum atomic E-state index is -0.767. The smallest absolute Gasteiger partial charge is 0.311 e. The summed E-state index contributed by atoms with van der Waals surface area (Å²) in [5.74, 6) is -0.686. The van der Waals surface area contributed by atoms with E-state index < -0.39 is 11.4 Å². The van der Waals surface area contributed by atoms with Gasteiger partial charge in [0.05, 0.1) is 5.41 Å². The Kier molecular flexibility index (Phi) is 5.63. The molecule has 0 radical (unpaired) electrons. The van der Waals surface area contributed by atoms with Gasteiger partial charge < -0.3 is 10.4 Å². The van der Waals surface area contributed by atoms with Crippen LogP contribution < -0.4 is 5.32 Å². The normalized spacial score (nSPS) is 17.3.